The SMILES string of the molecule is [O-][NH+]1N[I-][NH+]([O-])O1. The molecule has 0 amide bonds. The van der Waals surface area contributed by atoms with Gasteiger partial charge in [0.05, 0.1) is 0 Å². The molecule has 1 aliphatic rings. The van der Waals surface area contributed by atoms with Crippen molar-refractivity contribution in [1.82, 2.24) is 3.64 Å². The molecule has 0 aromatic heterocycles. The molecule has 0 bridgehead atoms. The van der Waals surface area contributed by atoms with Gasteiger partial charge in [-0.15, -0.1) is 0 Å². The van der Waals surface area contributed by atoms with Crippen LogP contribution < -0.4 is 34.2 Å². The molecule has 1 saturated heterocycles. The maximum atomic E-state index is 10.00. The van der Waals surface area contributed by atoms with Gasteiger partial charge in [-0.3, -0.25) is 0 Å². The first kappa shape index (κ1) is 5.62. The van der Waals surface area contributed by atoms with Crippen molar-refractivity contribution >= 4 is 0 Å². The van der Waals surface area contributed by atoms with E-state index in [9.17, 15) is 10.4 Å². The van der Waals surface area contributed by atoms with Gasteiger partial charge in [0.2, 0.25) is 0 Å². The second-order valence-corrected chi connectivity index (χ2v) is 2.78. The van der Waals surface area contributed by atoms with Gasteiger partial charge in [-0.05, 0) is 0 Å². The van der Waals surface area contributed by atoms with Crippen LogP contribution in [0, 0.1) is 10.4 Å². The summed E-state index contributed by atoms with van der Waals surface area (Å²) in [5.41, 5.74) is 0. The van der Waals surface area contributed by atoms with Crippen LogP contribution >= 0.6 is 0 Å². The van der Waals surface area contributed by atoms with Crippen LogP contribution in [0.15, 0.2) is 0 Å². The summed E-state index contributed by atoms with van der Waals surface area (Å²) in [6.45, 7) is 0. The van der Waals surface area contributed by atoms with E-state index in [1.807, 2.05) is 0 Å². The van der Waals surface area contributed by atoms with E-state index in [1.54, 1.807) is 0 Å². The number of hydrogen-bond donors (Lipinski definition) is 3. The van der Waals surface area contributed by atoms with E-state index in [0.717, 1.165) is 0 Å². The zero-order chi connectivity index (χ0) is 5.28. The van der Waals surface area contributed by atoms with Gasteiger partial charge in [0.1, 0.15) is 0 Å². The molecule has 0 saturated carbocycles. The molecule has 7 heteroatoms. The third kappa shape index (κ3) is 1.45. The molecule has 1 aliphatic heterocycles. The molecular weight excluding hydrogens is 217 g/mol. The number of nitrogens with one attached hydrogen (secondary N) is 3. The third-order valence-electron chi connectivity index (χ3n) is 0.374. The topological polar surface area (TPSA) is 76.3 Å². The molecule has 0 spiro atoms. The minimum absolute atomic E-state index is 0.399. The van der Waals surface area contributed by atoms with Crippen molar-refractivity contribution in [2.24, 2.45) is 0 Å². The number of quaternary nitrogens is 2. The Kier molecular flexibility index (Phi) is 1.74. The fraction of sp³-hybridized carbons (Fsp3) is 0. The average Bonchev–Trinajstić information content (AvgIpc) is 1.87. The van der Waals surface area contributed by atoms with Gasteiger partial charge in [-0.2, -0.15) is 0 Å². The molecule has 1 rings (SSSR count). The molecule has 1 fully saturated rings. The van der Waals surface area contributed by atoms with Crippen molar-refractivity contribution in [3.05, 3.63) is 10.4 Å². The van der Waals surface area contributed by atoms with Crippen molar-refractivity contribution < 1.29 is 35.5 Å². The standard InChI is InChI=1S/H3IN3O3/c5-3-1-2-4(6)7-3/h2-4H/q-1. The molecule has 1 heterocycles. The first-order valence-electron chi connectivity index (χ1n) is 1.44. The Morgan fingerprint density at radius 3 is 2.43 bits per heavy atom. The van der Waals surface area contributed by atoms with Crippen molar-refractivity contribution in [3.63, 3.8) is 0 Å². The maximum absolute atomic E-state index is 10.00. The van der Waals surface area contributed by atoms with Crippen LogP contribution in [0.1, 0.15) is 0 Å². The first-order chi connectivity index (χ1) is 3.29. The van der Waals surface area contributed by atoms with Gasteiger partial charge < -0.3 is 0 Å². The van der Waals surface area contributed by atoms with E-state index in [4.69, 9.17) is 0 Å². The fourth-order valence-electron chi connectivity index (χ4n) is 0.189. The Hall–Kier alpha value is 0.490. The van der Waals surface area contributed by atoms with E-state index >= 15 is 0 Å². The number of halogens is 1. The summed E-state index contributed by atoms with van der Waals surface area (Å²) in [4.78, 5) is 4.02. The summed E-state index contributed by atoms with van der Waals surface area (Å²) in [7, 11) is 0. The summed E-state index contributed by atoms with van der Waals surface area (Å²) in [5, 5.41) is 19.3. The Morgan fingerprint density at radius 1 is 1.57 bits per heavy atom. The van der Waals surface area contributed by atoms with Crippen molar-refractivity contribution in [2.45, 2.75) is 0 Å². The quantitative estimate of drug-likeness (QED) is 0.215. The van der Waals surface area contributed by atoms with E-state index in [0.29, 0.717) is 0 Å². The van der Waals surface area contributed by atoms with Gasteiger partial charge in [-0.25, -0.2) is 0 Å². The monoisotopic (exact) mass is 220 g/mol. The Balaban J connectivity index is 2.26. The predicted octanol–water partition coefficient (Wildman–Crippen LogP) is -6.96. The zero-order valence-corrected chi connectivity index (χ0v) is 5.26. The van der Waals surface area contributed by atoms with Crippen LogP contribution in [0.25, 0.3) is 0 Å². The normalized spacial score (nSPS) is 43.1. The fourth-order valence-corrected chi connectivity index (χ4v) is 1.05. The molecule has 3 N–H and O–H groups in total. The van der Waals surface area contributed by atoms with E-state index in [-0.39, 0.29) is 0 Å². The summed E-state index contributed by atoms with van der Waals surface area (Å²) in [6, 6.07) is 0. The molecule has 7 heavy (non-hydrogen) atoms. The Bertz CT molecular complexity index is 59.2. The molecule has 6 nitrogen and oxygen atoms in total. The van der Waals surface area contributed by atoms with E-state index in [2.05, 4.69) is 8.58 Å². The van der Waals surface area contributed by atoms with Crippen LogP contribution in [0.4, 0.5) is 0 Å². The second kappa shape index (κ2) is 2.17. The number of rotatable bonds is 0. The van der Waals surface area contributed by atoms with Gasteiger partial charge in [0.25, 0.3) is 0 Å². The second-order valence-electron chi connectivity index (χ2n) is 0.816. The first-order valence-corrected chi connectivity index (χ1v) is 3.60. The van der Waals surface area contributed by atoms with Crippen LogP contribution in [0.2, 0.25) is 0 Å². The van der Waals surface area contributed by atoms with Crippen LogP contribution in [-0.2, 0) is 4.94 Å². The molecule has 0 aromatic carbocycles. The molecule has 44 valence electrons. The summed E-state index contributed by atoms with van der Waals surface area (Å²) >= 11 is -0.821. The number of hydrogen-bond acceptors (Lipinski definition) is 4. The third-order valence-corrected chi connectivity index (χ3v) is 1.75. The van der Waals surface area contributed by atoms with Crippen molar-refractivity contribution in [2.75, 3.05) is 0 Å². The molecule has 0 aromatic rings. The molecular formula is H3IN3O3-. The minimum atomic E-state index is -0.821. The molecule has 2 unspecified atom stereocenters. The molecule has 0 radical (unpaired) electrons. The van der Waals surface area contributed by atoms with Gasteiger partial charge in [-0.1, -0.05) is 0 Å². The van der Waals surface area contributed by atoms with Gasteiger partial charge in [0, 0.05) is 0 Å². The summed E-state index contributed by atoms with van der Waals surface area (Å²) < 4.78 is 1.87. The molecule has 2 atom stereocenters. The predicted molar refractivity (Wildman–Crippen MR) is 12.9 cm³/mol. The van der Waals surface area contributed by atoms with Gasteiger partial charge >= 0.3 is 49.5 Å². The molecule has 0 aliphatic carbocycles. The Labute approximate surface area is 50.0 Å². The Morgan fingerprint density at radius 2 is 2.29 bits per heavy atom. The van der Waals surface area contributed by atoms with Gasteiger partial charge in [0.15, 0.2) is 0 Å². The van der Waals surface area contributed by atoms with E-state index in [1.165, 1.54) is 0 Å². The zero-order valence-electron chi connectivity index (χ0n) is 3.10. The summed E-state index contributed by atoms with van der Waals surface area (Å²) in [5.74, 6) is 0. The van der Waals surface area contributed by atoms with Crippen LogP contribution in [-0.4, -0.2) is 0 Å². The van der Waals surface area contributed by atoms with E-state index < -0.39 is 30.5 Å². The van der Waals surface area contributed by atoms with Crippen molar-refractivity contribution in [1.29, 1.82) is 0 Å². The van der Waals surface area contributed by atoms with Crippen LogP contribution in [0.5, 0.6) is 0 Å². The van der Waals surface area contributed by atoms with Crippen molar-refractivity contribution in [3.8, 4) is 0 Å². The summed E-state index contributed by atoms with van der Waals surface area (Å²) in [6.07, 6.45) is 0. The average molecular weight is 220 g/mol. The van der Waals surface area contributed by atoms with Crippen LogP contribution in [0.3, 0.4) is 0 Å².